The van der Waals surface area contributed by atoms with E-state index in [-0.39, 0.29) is 18.5 Å². The van der Waals surface area contributed by atoms with Crippen LogP contribution in [0.1, 0.15) is 316 Å². The number of aliphatic hydroxyl groups is 5. The van der Waals surface area contributed by atoms with E-state index in [9.17, 15) is 35.1 Å². The van der Waals surface area contributed by atoms with Gasteiger partial charge in [0.25, 0.3) is 0 Å². The minimum Gasteiger partial charge on any atom is -0.466 e. The number of carbonyl (C=O) groups is 2. The molecule has 0 aliphatic carbocycles. The molecule has 11 nitrogen and oxygen atoms in total. The zero-order valence-electron chi connectivity index (χ0n) is 51.8. The van der Waals surface area contributed by atoms with Gasteiger partial charge in [0, 0.05) is 12.8 Å². The molecule has 7 unspecified atom stereocenters. The van der Waals surface area contributed by atoms with Gasteiger partial charge >= 0.3 is 5.97 Å². The molecule has 0 aromatic rings. The maximum Gasteiger partial charge on any atom is 0.305 e. The van der Waals surface area contributed by atoms with Crippen LogP contribution in [0.3, 0.4) is 0 Å². The molecule has 80 heavy (non-hydrogen) atoms. The summed E-state index contributed by atoms with van der Waals surface area (Å²) in [6.45, 7) is 4.30. The van der Waals surface area contributed by atoms with Crippen LogP contribution in [0.25, 0.3) is 0 Å². The van der Waals surface area contributed by atoms with Crippen molar-refractivity contribution in [1.82, 2.24) is 5.32 Å². The summed E-state index contributed by atoms with van der Waals surface area (Å²) >= 11 is 0. The second-order valence-corrected chi connectivity index (χ2v) is 23.5. The van der Waals surface area contributed by atoms with Gasteiger partial charge in [-0.15, -0.1) is 0 Å². The van der Waals surface area contributed by atoms with Gasteiger partial charge in [0.2, 0.25) is 5.91 Å². The second kappa shape index (κ2) is 58.4. The highest BCUT2D eigenvalue weighted by atomic mass is 16.7. The average Bonchev–Trinajstić information content (AvgIpc) is 3.45. The Bertz CT molecular complexity index is 1470. The number of ether oxygens (including phenoxy) is 3. The predicted octanol–water partition coefficient (Wildman–Crippen LogP) is 16.8. The van der Waals surface area contributed by atoms with Gasteiger partial charge in [-0.05, 0) is 89.9 Å². The Labute approximate surface area is 491 Å². The van der Waals surface area contributed by atoms with E-state index in [1.807, 2.05) is 6.08 Å². The summed E-state index contributed by atoms with van der Waals surface area (Å²) in [5.74, 6) is -0.191. The number of unbranched alkanes of at least 4 members (excludes halogenated alkanes) is 39. The number of rotatable bonds is 59. The van der Waals surface area contributed by atoms with Crippen molar-refractivity contribution >= 4 is 11.9 Å². The highest BCUT2D eigenvalue weighted by Crippen LogP contribution is 2.23. The third-order valence-electron chi connectivity index (χ3n) is 15.9. The number of hydrogen-bond acceptors (Lipinski definition) is 10. The Morgan fingerprint density at radius 3 is 1.30 bits per heavy atom. The lowest BCUT2D eigenvalue weighted by atomic mass is 9.99. The van der Waals surface area contributed by atoms with Gasteiger partial charge in [-0.2, -0.15) is 0 Å². The van der Waals surface area contributed by atoms with E-state index >= 15 is 0 Å². The summed E-state index contributed by atoms with van der Waals surface area (Å²) in [6.07, 6.45) is 65.3. The molecule has 7 atom stereocenters. The first-order chi connectivity index (χ1) is 39.2. The first-order valence-electron chi connectivity index (χ1n) is 33.9. The third-order valence-corrected chi connectivity index (χ3v) is 15.9. The summed E-state index contributed by atoms with van der Waals surface area (Å²) in [7, 11) is 0. The summed E-state index contributed by atoms with van der Waals surface area (Å²) < 4.78 is 16.7. The van der Waals surface area contributed by atoms with Crippen molar-refractivity contribution in [2.75, 3.05) is 19.8 Å². The molecule has 1 aliphatic heterocycles. The number of carbonyl (C=O) groups excluding carboxylic acids is 2. The quantitative estimate of drug-likeness (QED) is 0.0195. The number of esters is 1. The van der Waals surface area contributed by atoms with E-state index in [0.29, 0.717) is 19.4 Å². The molecule has 1 rings (SSSR count). The lowest BCUT2D eigenvalue weighted by Gasteiger charge is -2.40. The molecule has 1 heterocycles. The fourth-order valence-corrected chi connectivity index (χ4v) is 10.5. The Morgan fingerprint density at radius 2 is 0.838 bits per heavy atom. The van der Waals surface area contributed by atoms with Crippen LogP contribution in [0.2, 0.25) is 0 Å². The second-order valence-electron chi connectivity index (χ2n) is 23.5. The van der Waals surface area contributed by atoms with Gasteiger partial charge in [-0.25, -0.2) is 0 Å². The molecule has 0 radical (unpaired) electrons. The molecule has 1 amide bonds. The first kappa shape index (κ1) is 75.6. The van der Waals surface area contributed by atoms with Crippen molar-refractivity contribution in [2.45, 2.75) is 358 Å². The fraction of sp³-hybridized carbons (Fsp3) is 0.855. The maximum atomic E-state index is 13.0. The van der Waals surface area contributed by atoms with Crippen LogP contribution in [-0.2, 0) is 23.8 Å². The van der Waals surface area contributed by atoms with E-state index in [1.54, 1.807) is 6.08 Å². The Balaban J connectivity index is 1.94. The van der Waals surface area contributed by atoms with Crippen molar-refractivity contribution in [2.24, 2.45) is 0 Å². The molecule has 1 saturated heterocycles. The largest absolute Gasteiger partial charge is 0.466 e. The molecular weight excluding hydrogens is 1000 g/mol. The van der Waals surface area contributed by atoms with Crippen LogP contribution < -0.4 is 5.32 Å². The summed E-state index contributed by atoms with van der Waals surface area (Å²) in [5.41, 5.74) is 0. The Hall–Kier alpha value is -2.38. The molecule has 0 bridgehead atoms. The smallest absolute Gasteiger partial charge is 0.305 e. The number of nitrogens with one attached hydrogen (secondary N) is 1. The minimum atomic E-state index is -1.57. The van der Waals surface area contributed by atoms with E-state index in [4.69, 9.17) is 14.2 Å². The van der Waals surface area contributed by atoms with Crippen LogP contribution in [0.5, 0.6) is 0 Å². The first-order valence-corrected chi connectivity index (χ1v) is 33.9. The molecule has 1 aliphatic rings. The highest BCUT2D eigenvalue weighted by Gasteiger charge is 2.44. The van der Waals surface area contributed by atoms with Gasteiger partial charge in [-0.3, -0.25) is 9.59 Å². The average molecular weight is 1130 g/mol. The van der Waals surface area contributed by atoms with Gasteiger partial charge in [-0.1, -0.05) is 262 Å². The van der Waals surface area contributed by atoms with E-state index in [0.717, 1.165) is 64.2 Å². The van der Waals surface area contributed by atoms with E-state index < -0.39 is 49.5 Å². The van der Waals surface area contributed by atoms with Crippen molar-refractivity contribution in [1.29, 1.82) is 0 Å². The fourth-order valence-electron chi connectivity index (χ4n) is 10.5. The maximum absolute atomic E-state index is 13.0. The summed E-state index contributed by atoms with van der Waals surface area (Å²) in [5, 5.41) is 54.3. The van der Waals surface area contributed by atoms with Crippen LogP contribution in [0.15, 0.2) is 48.6 Å². The SMILES string of the molecule is CCCCC/C=C\C/C=C\CCCCCCCC(=O)OCCCCCCCCCCCCCC/C=C\CCCCCCCCCCCCCCC(=O)NC(COC1OC(CO)C(O)C(O)C1O)C(O)/C=C/CCCCCCCCC. The number of amides is 1. The van der Waals surface area contributed by atoms with Gasteiger partial charge < -0.3 is 45.1 Å². The molecular formula is C69H127NO10. The van der Waals surface area contributed by atoms with Crippen molar-refractivity contribution in [3.05, 3.63) is 48.6 Å². The minimum absolute atomic E-state index is 0.00755. The standard InChI is InChI=1S/C69H127NO10/c1-3-5-7-9-11-13-14-15-30-34-37-41-45-49-53-57-65(74)78-58-54-50-46-42-38-35-32-29-27-25-23-21-19-17-16-18-20-22-24-26-28-31-33-36-40-44-48-52-56-64(73)70-61(62(72)55-51-47-43-39-12-10-8-6-4-2)60-79-69-68(77)67(76)66(75)63(59-71)80-69/h11,13,15-17,30,51,55,61-63,66-69,71-72,75-77H,3-10,12,14,18-29,31-50,52-54,56-60H2,1-2H3,(H,70,73)/b13-11-,17-16-,30-15-,55-51+. The van der Waals surface area contributed by atoms with Gasteiger partial charge in [0.1, 0.15) is 24.4 Å². The predicted molar refractivity (Wildman–Crippen MR) is 334 cm³/mol. The molecule has 11 heteroatoms. The van der Waals surface area contributed by atoms with Crippen molar-refractivity contribution in [3.63, 3.8) is 0 Å². The van der Waals surface area contributed by atoms with Crippen molar-refractivity contribution < 1.29 is 49.3 Å². The zero-order valence-corrected chi connectivity index (χ0v) is 51.8. The number of aliphatic hydroxyl groups excluding tert-OH is 5. The molecule has 0 aromatic heterocycles. The Kier molecular flexibility index (Phi) is 55.2. The topological polar surface area (TPSA) is 175 Å². The summed E-state index contributed by atoms with van der Waals surface area (Å²) in [4.78, 5) is 25.1. The summed E-state index contributed by atoms with van der Waals surface area (Å²) in [6, 6.07) is -0.809. The lowest BCUT2D eigenvalue weighted by Crippen LogP contribution is -2.60. The lowest BCUT2D eigenvalue weighted by molar-refractivity contribution is -0.302. The van der Waals surface area contributed by atoms with Crippen LogP contribution in [0.4, 0.5) is 0 Å². The third kappa shape index (κ3) is 47.0. The van der Waals surface area contributed by atoms with Gasteiger partial charge in [0.15, 0.2) is 6.29 Å². The molecule has 0 aromatic carbocycles. The molecule has 6 N–H and O–H groups in total. The van der Waals surface area contributed by atoms with Crippen LogP contribution >= 0.6 is 0 Å². The molecule has 1 fully saturated rings. The normalized spacial score (nSPS) is 18.6. The molecule has 468 valence electrons. The zero-order chi connectivity index (χ0) is 58.0. The number of allylic oxidation sites excluding steroid dienone is 7. The molecule has 0 saturated carbocycles. The van der Waals surface area contributed by atoms with Crippen molar-refractivity contribution in [3.8, 4) is 0 Å². The number of hydrogen-bond donors (Lipinski definition) is 6. The Morgan fingerprint density at radius 1 is 0.463 bits per heavy atom. The van der Waals surface area contributed by atoms with E-state index in [1.165, 1.54) is 225 Å². The molecule has 0 spiro atoms. The highest BCUT2D eigenvalue weighted by molar-refractivity contribution is 5.76. The monoisotopic (exact) mass is 1130 g/mol. The van der Waals surface area contributed by atoms with Crippen LogP contribution in [-0.4, -0.2) is 100 Å². The van der Waals surface area contributed by atoms with Crippen LogP contribution in [0, 0.1) is 0 Å². The van der Waals surface area contributed by atoms with E-state index in [2.05, 4.69) is 55.6 Å². The van der Waals surface area contributed by atoms with Gasteiger partial charge in [0.05, 0.1) is 32.0 Å².